The lowest BCUT2D eigenvalue weighted by Gasteiger charge is -2.48. The topological polar surface area (TPSA) is 286 Å². The monoisotopic (exact) mass is 883 g/mol. The van der Waals surface area contributed by atoms with Gasteiger partial charge >= 0.3 is 17.9 Å². The van der Waals surface area contributed by atoms with Gasteiger partial charge in [0.15, 0.2) is 12.6 Å². The molecule has 0 aromatic rings. The van der Waals surface area contributed by atoms with Crippen molar-refractivity contribution in [1.82, 2.24) is 9.80 Å². The van der Waals surface area contributed by atoms with E-state index in [0.717, 1.165) is 0 Å². The van der Waals surface area contributed by atoms with E-state index in [9.17, 15) is 39.9 Å². The number of aliphatic carboxylic acids is 2. The fraction of sp³-hybridized carbons (Fsp3) is 0.881. The SMILES string of the molecule is CC[C@H]1OC(=O)[C@H](C)[C@@H](O[C@H]2C[C@@](C)(OC)[C@@H](O)[C@H](C)O2)[C@H](C)[C@@H](O[C@@H]2O[C@H](C)C[C@H](N(C)C)[C@H]2O)[C@](C)(O)C[C@@H](C)CN(C)[C@H](C)[C@@H](O)[C@]1(C)O.O.O=C(O)/C=C\C(=O)O. The number of cyclic esters (lactones) is 1. The van der Waals surface area contributed by atoms with E-state index in [-0.39, 0.29) is 42.8 Å². The van der Waals surface area contributed by atoms with Crippen LogP contribution >= 0.6 is 0 Å². The minimum Gasteiger partial charge on any atom is -0.478 e. The van der Waals surface area contributed by atoms with Crippen LogP contribution in [0.1, 0.15) is 94.9 Å². The first-order valence-electron chi connectivity index (χ1n) is 20.9. The van der Waals surface area contributed by atoms with Crippen molar-refractivity contribution in [2.24, 2.45) is 17.8 Å². The lowest BCUT2D eigenvalue weighted by atomic mass is 9.77. The summed E-state index contributed by atoms with van der Waals surface area (Å²) < 4.78 is 37.5. The number of rotatable bonds is 9. The quantitative estimate of drug-likeness (QED) is 0.124. The van der Waals surface area contributed by atoms with Crippen LogP contribution in [0.25, 0.3) is 0 Å². The lowest BCUT2D eigenvalue weighted by molar-refractivity contribution is -0.318. The summed E-state index contributed by atoms with van der Waals surface area (Å²) in [5.74, 6) is -5.10. The summed E-state index contributed by atoms with van der Waals surface area (Å²) in [5.41, 5.74) is -4.37. The van der Waals surface area contributed by atoms with Crippen molar-refractivity contribution in [1.29, 1.82) is 0 Å². The summed E-state index contributed by atoms with van der Waals surface area (Å²) in [6, 6.07) is -0.808. The Hall–Kier alpha value is -2.37. The zero-order chi connectivity index (χ0) is 46.2. The standard InChI is InChI=1S/C38H72N2O12.C4H4O4.H2O/c1-15-27-38(10,46)31(42)24(6)40(13)19-20(2)17-36(8,45)33(52-35-29(41)26(39(11)12)16-21(3)48-35)22(4)30(23(5)34(44)50-27)51-28-18-37(9,47-14)32(43)25(7)49-28;5-3(6)1-2-4(7)8;/h20-33,35,41-43,45-46H,15-19H2,1-14H3;1-2H,(H,5,6)(H,7,8);1H2/b;2-1-;/t20-,21-,22+,23-,24-,25+,26+,27-,28+,29-,30+,31-,32+,33-,35+,36-,37-,38-;;/m1../s1. The van der Waals surface area contributed by atoms with E-state index in [4.69, 9.17) is 38.6 Å². The third-order valence-corrected chi connectivity index (χ3v) is 12.6. The van der Waals surface area contributed by atoms with Gasteiger partial charge in [-0.05, 0) is 94.8 Å². The van der Waals surface area contributed by atoms with E-state index < -0.39 is 108 Å². The molecule has 18 atom stereocenters. The molecule has 0 saturated carbocycles. The van der Waals surface area contributed by atoms with E-state index in [1.807, 2.05) is 51.7 Å². The van der Waals surface area contributed by atoms with Gasteiger partial charge in [-0.15, -0.1) is 0 Å². The number of aliphatic hydroxyl groups excluding tert-OH is 3. The molecule has 3 saturated heterocycles. The van der Waals surface area contributed by atoms with Crippen molar-refractivity contribution >= 4 is 17.9 Å². The highest BCUT2D eigenvalue weighted by Gasteiger charge is 2.52. The van der Waals surface area contributed by atoms with Crippen molar-refractivity contribution in [2.45, 2.75) is 185 Å². The van der Waals surface area contributed by atoms with Crippen LogP contribution in [0, 0.1) is 17.8 Å². The summed E-state index contributed by atoms with van der Waals surface area (Å²) in [4.78, 5) is 37.2. The van der Waals surface area contributed by atoms with Crippen LogP contribution in [0.15, 0.2) is 12.2 Å². The Bertz CT molecular complexity index is 1400. The maximum absolute atomic E-state index is 14.2. The Balaban J connectivity index is 0.00000187. The molecule has 3 aliphatic heterocycles. The molecule has 3 heterocycles. The number of carbonyl (C=O) groups excluding carboxylic acids is 1. The fourth-order valence-corrected chi connectivity index (χ4v) is 8.88. The van der Waals surface area contributed by atoms with Gasteiger partial charge in [0.05, 0.1) is 41.5 Å². The maximum Gasteiger partial charge on any atom is 0.328 e. The molecule has 19 nitrogen and oxygen atoms in total. The van der Waals surface area contributed by atoms with Gasteiger partial charge in [-0.3, -0.25) is 4.79 Å². The maximum atomic E-state index is 14.2. The lowest BCUT2D eigenvalue weighted by Crippen LogP contribution is -2.60. The number of ether oxygens (including phenoxy) is 6. The van der Waals surface area contributed by atoms with Crippen molar-refractivity contribution in [3.8, 4) is 0 Å². The molecule has 358 valence electrons. The molecule has 0 aromatic heterocycles. The van der Waals surface area contributed by atoms with Gasteiger partial charge in [0.25, 0.3) is 0 Å². The highest BCUT2D eigenvalue weighted by atomic mass is 16.7. The first-order chi connectivity index (χ1) is 27.5. The average Bonchev–Trinajstić information content (AvgIpc) is 3.15. The van der Waals surface area contributed by atoms with E-state index in [2.05, 4.69) is 0 Å². The van der Waals surface area contributed by atoms with Gasteiger partial charge in [-0.25, -0.2) is 9.59 Å². The number of carboxylic acids is 2. The van der Waals surface area contributed by atoms with Crippen LogP contribution in [0.4, 0.5) is 0 Å². The summed E-state index contributed by atoms with van der Waals surface area (Å²) in [7, 11) is 7.12. The first kappa shape index (κ1) is 56.6. The predicted octanol–water partition coefficient (Wildman–Crippen LogP) is 0.788. The fourth-order valence-electron chi connectivity index (χ4n) is 8.88. The van der Waals surface area contributed by atoms with E-state index >= 15 is 0 Å². The molecular weight excluding hydrogens is 804 g/mol. The van der Waals surface area contributed by atoms with Crippen molar-refractivity contribution in [3.05, 3.63) is 12.2 Å². The summed E-state index contributed by atoms with van der Waals surface area (Å²) in [6.45, 7) is 18.0. The Kier molecular flexibility index (Phi) is 21.8. The smallest absolute Gasteiger partial charge is 0.328 e. The summed E-state index contributed by atoms with van der Waals surface area (Å²) in [6.07, 6.45) is -7.07. The molecule has 3 fully saturated rings. The third kappa shape index (κ3) is 14.8. The van der Waals surface area contributed by atoms with E-state index in [0.29, 0.717) is 25.1 Å². The van der Waals surface area contributed by atoms with Crippen LogP contribution in [-0.2, 0) is 42.8 Å². The number of hydrogen-bond acceptors (Lipinski definition) is 16. The molecule has 0 unspecified atom stereocenters. The molecule has 0 bridgehead atoms. The summed E-state index contributed by atoms with van der Waals surface area (Å²) in [5, 5.41) is 73.8. The van der Waals surface area contributed by atoms with Gasteiger partial charge in [0, 0.05) is 50.2 Å². The van der Waals surface area contributed by atoms with Crippen LogP contribution in [0.5, 0.6) is 0 Å². The van der Waals surface area contributed by atoms with Gasteiger partial charge in [-0.2, -0.15) is 0 Å². The molecule has 0 amide bonds. The minimum atomic E-state index is -1.80. The first-order valence-corrected chi connectivity index (χ1v) is 20.9. The van der Waals surface area contributed by atoms with Gasteiger partial charge < -0.3 is 79.4 Å². The Morgan fingerprint density at radius 3 is 1.97 bits per heavy atom. The van der Waals surface area contributed by atoms with Crippen molar-refractivity contribution in [2.75, 3.05) is 34.8 Å². The molecule has 0 spiro atoms. The molecule has 61 heavy (non-hydrogen) atoms. The Morgan fingerprint density at radius 1 is 0.918 bits per heavy atom. The number of nitrogens with zero attached hydrogens (tertiary/aromatic N) is 2. The zero-order valence-corrected chi connectivity index (χ0v) is 38.5. The molecule has 9 N–H and O–H groups in total. The highest BCUT2D eigenvalue weighted by Crippen LogP contribution is 2.40. The minimum absolute atomic E-state index is 0. The summed E-state index contributed by atoms with van der Waals surface area (Å²) >= 11 is 0. The van der Waals surface area contributed by atoms with E-state index in [1.165, 1.54) is 14.0 Å². The number of likely N-dealkylation sites (N-methyl/N-ethyl adjacent to an activating group) is 2. The van der Waals surface area contributed by atoms with Crippen LogP contribution < -0.4 is 0 Å². The number of carbonyl (C=O) groups is 3. The predicted molar refractivity (Wildman–Crippen MR) is 222 cm³/mol. The second kappa shape index (κ2) is 23.5. The van der Waals surface area contributed by atoms with Crippen molar-refractivity contribution < 1.29 is 84.0 Å². The van der Waals surface area contributed by atoms with Gasteiger partial charge in [-0.1, -0.05) is 20.8 Å². The van der Waals surface area contributed by atoms with Crippen LogP contribution in [-0.4, -0.2) is 194 Å². The number of hydrogen-bond donors (Lipinski definition) is 7. The second-order valence-corrected chi connectivity index (χ2v) is 18.2. The largest absolute Gasteiger partial charge is 0.478 e. The molecule has 3 aliphatic rings. The molecule has 0 aromatic carbocycles. The Labute approximate surface area is 361 Å². The number of methoxy groups -OCH3 is 1. The molecule has 0 radical (unpaired) electrons. The second-order valence-electron chi connectivity index (χ2n) is 18.2. The number of esters is 1. The molecule has 19 heteroatoms. The van der Waals surface area contributed by atoms with Gasteiger partial charge in [0.2, 0.25) is 0 Å². The normalized spacial score (nSPS) is 43.5. The van der Waals surface area contributed by atoms with Crippen molar-refractivity contribution in [3.63, 3.8) is 0 Å². The zero-order valence-electron chi connectivity index (χ0n) is 38.5. The number of carboxylic acid groups (broad SMARTS) is 2. The third-order valence-electron chi connectivity index (χ3n) is 12.6. The van der Waals surface area contributed by atoms with Crippen LogP contribution in [0.2, 0.25) is 0 Å². The highest BCUT2D eigenvalue weighted by molar-refractivity contribution is 5.89. The number of aliphatic hydroxyl groups is 5. The molecule has 0 aliphatic carbocycles. The Morgan fingerprint density at radius 2 is 1.48 bits per heavy atom. The average molecular weight is 883 g/mol. The van der Waals surface area contributed by atoms with Gasteiger partial charge in [0.1, 0.15) is 30.0 Å². The molecular formula is C42H78N2O17. The van der Waals surface area contributed by atoms with E-state index in [1.54, 1.807) is 41.5 Å². The van der Waals surface area contributed by atoms with Crippen LogP contribution in [0.3, 0.4) is 0 Å². The molecule has 3 rings (SSSR count).